The van der Waals surface area contributed by atoms with E-state index in [-0.39, 0.29) is 0 Å². The quantitative estimate of drug-likeness (QED) is 0.174. The highest BCUT2D eigenvalue weighted by molar-refractivity contribution is 6.17. The molecule has 0 fully saturated rings. The molecule has 0 bridgehead atoms. The first-order chi connectivity index (χ1) is 26.1. The Hall–Kier alpha value is -6.84. The summed E-state index contributed by atoms with van der Waals surface area (Å²) < 4.78 is 9.17. The van der Waals surface area contributed by atoms with Crippen molar-refractivity contribution in [2.75, 3.05) is 4.90 Å². The zero-order chi connectivity index (χ0) is 35.5. The standard InChI is InChI=1S/C50H36N2O/c1-33-20-25-38(26-21-33)51(44-30-24-37(32-34(44)2)35-12-4-3-5-13-35)47-31-29-40(50-49(47)43-16-8-11-19-48(43)53-50)36-22-27-39(28-23-36)52-45-17-9-6-14-41(45)42-15-7-10-18-46(42)52/h3-32H,1-2H3. The molecule has 0 amide bonds. The molecule has 0 saturated carbocycles. The molecule has 0 radical (unpaired) electrons. The van der Waals surface area contributed by atoms with E-state index >= 15 is 0 Å². The molecule has 0 unspecified atom stereocenters. The normalized spacial score (nSPS) is 11.6. The van der Waals surface area contributed by atoms with Gasteiger partial charge in [-0.1, -0.05) is 121 Å². The minimum Gasteiger partial charge on any atom is -0.455 e. The number of fused-ring (bicyclic) bond motifs is 6. The summed E-state index contributed by atoms with van der Waals surface area (Å²) in [6, 6.07) is 65.3. The van der Waals surface area contributed by atoms with E-state index in [1.807, 2.05) is 0 Å². The van der Waals surface area contributed by atoms with E-state index in [1.54, 1.807) is 0 Å². The average molecular weight is 681 g/mol. The average Bonchev–Trinajstić information content (AvgIpc) is 3.76. The summed E-state index contributed by atoms with van der Waals surface area (Å²) in [6.07, 6.45) is 0. The molecular formula is C50H36N2O. The van der Waals surface area contributed by atoms with Gasteiger partial charge in [-0.3, -0.25) is 0 Å². The third-order valence-corrected chi connectivity index (χ3v) is 10.6. The molecule has 3 heteroatoms. The van der Waals surface area contributed by atoms with Gasteiger partial charge in [0.25, 0.3) is 0 Å². The van der Waals surface area contributed by atoms with Crippen molar-refractivity contribution in [3.8, 4) is 27.9 Å². The van der Waals surface area contributed by atoms with Crippen LogP contribution in [-0.4, -0.2) is 4.57 Å². The van der Waals surface area contributed by atoms with Crippen molar-refractivity contribution in [2.45, 2.75) is 13.8 Å². The van der Waals surface area contributed by atoms with Crippen LogP contribution in [0.25, 0.3) is 71.7 Å². The molecule has 10 rings (SSSR count). The van der Waals surface area contributed by atoms with Crippen molar-refractivity contribution in [1.82, 2.24) is 4.57 Å². The predicted octanol–water partition coefficient (Wildman–Crippen LogP) is 14.1. The van der Waals surface area contributed by atoms with E-state index in [1.165, 1.54) is 44.1 Å². The van der Waals surface area contributed by atoms with Gasteiger partial charge in [-0.05, 0) is 103 Å². The van der Waals surface area contributed by atoms with Gasteiger partial charge in [-0.15, -0.1) is 0 Å². The third-order valence-electron chi connectivity index (χ3n) is 10.6. The summed E-state index contributed by atoms with van der Waals surface area (Å²) in [5, 5.41) is 4.71. The minimum atomic E-state index is 0.873. The molecular weight excluding hydrogens is 645 g/mol. The second-order valence-electron chi connectivity index (χ2n) is 13.9. The van der Waals surface area contributed by atoms with Crippen molar-refractivity contribution in [1.29, 1.82) is 0 Å². The number of para-hydroxylation sites is 3. The van der Waals surface area contributed by atoms with Gasteiger partial charge < -0.3 is 13.9 Å². The zero-order valence-corrected chi connectivity index (χ0v) is 29.6. The van der Waals surface area contributed by atoms with Crippen molar-refractivity contribution < 1.29 is 4.42 Å². The van der Waals surface area contributed by atoms with E-state index in [0.29, 0.717) is 0 Å². The van der Waals surface area contributed by atoms with E-state index in [2.05, 4.69) is 205 Å². The minimum absolute atomic E-state index is 0.873. The van der Waals surface area contributed by atoms with Crippen molar-refractivity contribution in [3.63, 3.8) is 0 Å². The molecule has 10 aromatic rings. The predicted molar refractivity (Wildman–Crippen MR) is 223 cm³/mol. The molecule has 0 atom stereocenters. The van der Waals surface area contributed by atoms with E-state index < -0.39 is 0 Å². The van der Waals surface area contributed by atoms with Gasteiger partial charge in [0.1, 0.15) is 11.2 Å². The first kappa shape index (κ1) is 30.9. The Kier molecular flexibility index (Phi) is 7.26. The summed E-state index contributed by atoms with van der Waals surface area (Å²) in [5.74, 6) is 0. The fourth-order valence-corrected chi connectivity index (χ4v) is 8.03. The lowest BCUT2D eigenvalue weighted by atomic mass is 9.98. The van der Waals surface area contributed by atoms with Gasteiger partial charge in [0, 0.05) is 38.8 Å². The van der Waals surface area contributed by atoms with Crippen LogP contribution in [0.4, 0.5) is 17.1 Å². The molecule has 2 heterocycles. The van der Waals surface area contributed by atoms with Gasteiger partial charge >= 0.3 is 0 Å². The lowest BCUT2D eigenvalue weighted by Crippen LogP contribution is -2.12. The number of furan rings is 1. The van der Waals surface area contributed by atoms with Crippen LogP contribution in [0.1, 0.15) is 11.1 Å². The number of aromatic nitrogens is 1. The maximum Gasteiger partial charge on any atom is 0.145 e. The first-order valence-corrected chi connectivity index (χ1v) is 18.2. The van der Waals surface area contributed by atoms with Gasteiger partial charge in [0.2, 0.25) is 0 Å². The fraction of sp³-hybridized carbons (Fsp3) is 0.0400. The molecule has 0 saturated heterocycles. The van der Waals surface area contributed by atoms with Crippen LogP contribution in [0, 0.1) is 13.8 Å². The van der Waals surface area contributed by atoms with E-state index in [9.17, 15) is 0 Å². The monoisotopic (exact) mass is 680 g/mol. The maximum atomic E-state index is 6.81. The molecule has 0 N–H and O–H groups in total. The highest BCUT2D eigenvalue weighted by atomic mass is 16.3. The summed E-state index contributed by atoms with van der Waals surface area (Å²) in [5.41, 5.74) is 15.6. The molecule has 0 aliphatic heterocycles. The molecule has 0 spiro atoms. The first-order valence-electron chi connectivity index (χ1n) is 18.2. The lowest BCUT2D eigenvalue weighted by molar-refractivity contribution is 0.670. The molecule has 8 aromatic carbocycles. The number of rotatable bonds is 6. The number of anilines is 3. The molecule has 0 aliphatic carbocycles. The summed E-state index contributed by atoms with van der Waals surface area (Å²) >= 11 is 0. The highest BCUT2D eigenvalue weighted by Crippen LogP contribution is 2.47. The van der Waals surface area contributed by atoms with Gasteiger partial charge in [0.05, 0.1) is 22.1 Å². The maximum absolute atomic E-state index is 6.81. The Morgan fingerprint density at radius 2 is 1.08 bits per heavy atom. The molecule has 3 nitrogen and oxygen atoms in total. The molecule has 53 heavy (non-hydrogen) atoms. The number of benzene rings is 8. The van der Waals surface area contributed by atoms with Crippen LogP contribution in [0.2, 0.25) is 0 Å². The molecule has 2 aromatic heterocycles. The summed E-state index contributed by atoms with van der Waals surface area (Å²) in [4.78, 5) is 2.39. The van der Waals surface area contributed by atoms with Crippen LogP contribution in [0.15, 0.2) is 186 Å². The van der Waals surface area contributed by atoms with E-state index in [4.69, 9.17) is 4.42 Å². The topological polar surface area (TPSA) is 21.3 Å². The van der Waals surface area contributed by atoms with Crippen molar-refractivity contribution >= 4 is 60.8 Å². The number of hydrogen-bond donors (Lipinski definition) is 0. The Morgan fingerprint density at radius 1 is 0.472 bits per heavy atom. The molecule has 0 aliphatic rings. The SMILES string of the molecule is Cc1ccc(N(c2ccc(-c3ccccc3)cc2C)c2ccc(-c3ccc(-n4c5ccccc5c5ccccc54)cc3)c3oc4ccccc4c23)cc1. The second-order valence-corrected chi connectivity index (χ2v) is 13.9. The summed E-state index contributed by atoms with van der Waals surface area (Å²) in [6.45, 7) is 4.35. The van der Waals surface area contributed by atoms with Crippen LogP contribution >= 0.6 is 0 Å². The third kappa shape index (κ3) is 5.12. The van der Waals surface area contributed by atoms with Crippen LogP contribution in [0.3, 0.4) is 0 Å². The Balaban J connectivity index is 1.15. The highest BCUT2D eigenvalue weighted by Gasteiger charge is 2.23. The van der Waals surface area contributed by atoms with Crippen LogP contribution in [0.5, 0.6) is 0 Å². The summed E-state index contributed by atoms with van der Waals surface area (Å²) in [7, 11) is 0. The zero-order valence-electron chi connectivity index (χ0n) is 29.6. The Morgan fingerprint density at radius 3 is 1.77 bits per heavy atom. The number of hydrogen-bond acceptors (Lipinski definition) is 2. The lowest BCUT2D eigenvalue weighted by Gasteiger charge is -2.28. The number of aryl methyl sites for hydroxylation is 2. The Bertz CT molecular complexity index is 2900. The van der Waals surface area contributed by atoms with Crippen molar-refractivity contribution in [2.24, 2.45) is 0 Å². The van der Waals surface area contributed by atoms with Crippen molar-refractivity contribution in [3.05, 3.63) is 193 Å². The Labute approximate surface area is 308 Å². The second kappa shape index (κ2) is 12.4. The van der Waals surface area contributed by atoms with Gasteiger partial charge in [-0.25, -0.2) is 0 Å². The number of nitrogens with zero attached hydrogens (tertiary/aromatic N) is 2. The van der Waals surface area contributed by atoms with Crippen LogP contribution < -0.4 is 4.90 Å². The largest absolute Gasteiger partial charge is 0.455 e. The van der Waals surface area contributed by atoms with Gasteiger partial charge in [0.15, 0.2) is 0 Å². The van der Waals surface area contributed by atoms with Gasteiger partial charge in [-0.2, -0.15) is 0 Å². The van der Waals surface area contributed by atoms with E-state index in [0.717, 1.165) is 55.8 Å². The smallest absolute Gasteiger partial charge is 0.145 e. The fourth-order valence-electron chi connectivity index (χ4n) is 8.03. The molecule has 252 valence electrons. The van der Waals surface area contributed by atoms with Crippen LogP contribution in [-0.2, 0) is 0 Å².